The maximum absolute atomic E-state index is 10.5. The maximum Gasteiger partial charge on any atom is 0.330 e. The maximum atomic E-state index is 10.5. The first-order chi connectivity index (χ1) is 6.29. The van der Waals surface area contributed by atoms with Crippen molar-refractivity contribution < 1.29 is 15.0 Å². The van der Waals surface area contributed by atoms with E-state index in [4.69, 9.17) is 10.2 Å². The summed E-state index contributed by atoms with van der Waals surface area (Å²) in [5, 5.41) is 17.8. The highest BCUT2D eigenvalue weighted by atomic mass is 16.4. The summed E-state index contributed by atoms with van der Waals surface area (Å²) in [5.41, 5.74) is 0.344. The monoisotopic (exact) mass is 200 g/mol. The summed E-state index contributed by atoms with van der Waals surface area (Å²) in [6.45, 7) is 7.78. The second-order valence-electron chi connectivity index (χ2n) is 4.67. The summed E-state index contributed by atoms with van der Waals surface area (Å²) in [6.07, 6.45) is 2.28. The molecule has 0 aromatic carbocycles. The second-order valence-corrected chi connectivity index (χ2v) is 4.67. The lowest BCUT2D eigenvalue weighted by molar-refractivity contribution is -0.132. The molecule has 0 heterocycles. The molecule has 0 rings (SSSR count). The van der Waals surface area contributed by atoms with Crippen molar-refractivity contribution in [3.63, 3.8) is 0 Å². The van der Waals surface area contributed by atoms with Gasteiger partial charge in [0.05, 0.1) is 0 Å². The van der Waals surface area contributed by atoms with Crippen LogP contribution in [-0.4, -0.2) is 22.8 Å². The van der Waals surface area contributed by atoms with Gasteiger partial charge in [-0.1, -0.05) is 26.8 Å². The van der Waals surface area contributed by atoms with Gasteiger partial charge in [0.25, 0.3) is 0 Å². The standard InChI is InChI=1S/C11H20O3/c1-8(10(13)14)5-6-9(7-12)11(2,3)4/h5,9,12H,6-7H2,1-4H3,(H,13,14). The first-order valence-electron chi connectivity index (χ1n) is 4.80. The number of carboxylic acids is 1. The van der Waals surface area contributed by atoms with Crippen molar-refractivity contribution in [1.29, 1.82) is 0 Å². The fourth-order valence-electron chi connectivity index (χ4n) is 1.11. The average Bonchev–Trinajstić information content (AvgIpc) is 2.02. The highest BCUT2D eigenvalue weighted by molar-refractivity contribution is 5.85. The van der Waals surface area contributed by atoms with E-state index in [0.29, 0.717) is 12.0 Å². The molecule has 3 nitrogen and oxygen atoms in total. The van der Waals surface area contributed by atoms with Gasteiger partial charge >= 0.3 is 5.97 Å². The first-order valence-corrected chi connectivity index (χ1v) is 4.80. The molecule has 0 radical (unpaired) electrons. The van der Waals surface area contributed by atoms with Crippen LogP contribution >= 0.6 is 0 Å². The molecule has 0 saturated heterocycles. The van der Waals surface area contributed by atoms with Crippen molar-refractivity contribution in [3.8, 4) is 0 Å². The van der Waals surface area contributed by atoms with Crippen LogP contribution in [0.3, 0.4) is 0 Å². The Morgan fingerprint density at radius 2 is 1.93 bits per heavy atom. The topological polar surface area (TPSA) is 57.5 Å². The first kappa shape index (κ1) is 13.2. The molecule has 0 spiro atoms. The largest absolute Gasteiger partial charge is 0.478 e. The van der Waals surface area contributed by atoms with Gasteiger partial charge in [-0.15, -0.1) is 0 Å². The van der Waals surface area contributed by atoms with Crippen LogP contribution in [-0.2, 0) is 4.79 Å². The van der Waals surface area contributed by atoms with E-state index in [1.807, 2.05) is 20.8 Å². The lowest BCUT2D eigenvalue weighted by atomic mass is 9.79. The molecule has 3 heteroatoms. The molecule has 0 aliphatic carbocycles. The molecule has 1 unspecified atom stereocenters. The number of carboxylic acid groups (broad SMARTS) is 1. The third-order valence-electron chi connectivity index (χ3n) is 2.49. The Kier molecular flexibility index (Phi) is 4.85. The van der Waals surface area contributed by atoms with Crippen LogP contribution in [0.25, 0.3) is 0 Å². The minimum absolute atomic E-state index is 0.00400. The highest BCUT2D eigenvalue weighted by Crippen LogP contribution is 2.28. The van der Waals surface area contributed by atoms with Gasteiger partial charge in [0.1, 0.15) is 0 Å². The molecule has 14 heavy (non-hydrogen) atoms. The molecule has 0 aromatic heterocycles. The number of aliphatic carboxylic acids is 1. The van der Waals surface area contributed by atoms with Crippen molar-refractivity contribution in [2.45, 2.75) is 34.1 Å². The normalized spacial score (nSPS) is 15.4. The molecule has 0 aliphatic rings. The Morgan fingerprint density at radius 1 is 1.43 bits per heavy atom. The van der Waals surface area contributed by atoms with Gasteiger partial charge in [-0.2, -0.15) is 0 Å². The van der Waals surface area contributed by atoms with Crippen molar-refractivity contribution in [3.05, 3.63) is 11.6 Å². The zero-order valence-corrected chi connectivity index (χ0v) is 9.37. The molecule has 0 aliphatic heterocycles. The number of hydrogen-bond acceptors (Lipinski definition) is 2. The fourth-order valence-corrected chi connectivity index (χ4v) is 1.11. The number of aliphatic hydroxyl groups is 1. The van der Waals surface area contributed by atoms with E-state index in [2.05, 4.69) is 0 Å². The molecule has 0 fully saturated rings. The molecule has 0 aromatic rings. The van der Waals surface area contributed by atoms with Crippen LogP contribution in [0.2, 0.25) is 0 Å². The van der Waals surface area contributed by atoms with Gasteiger partial charge < -0.3 is 10.2 Å². The van der Waals surface area contributed by atoms with Crippen LogP contribution in [0, 0.1) is 11.3 Å². The highest BCUT2D eigenvalue weighted by Gasteiger charge is 2.22. The van der Waals surface area contributed by atoms with E-state index < -0.39 is 5.97 Å². The molecule has 2 N–H and O–H groups in total. The van der Waals surface area contributed by atoms with Crippen molar-refractivity contribution >= 4 is 5.97 Å². The zero-order chi connectivity index (χ0) is 11.4. The van der Waals surface area contributed by atoms with Gasteiger partial charge in [0, 0.05) is 12.2 Å². The molecule has 0 saturated carbocycles. The van der Waals surface area contributed by atoms with Crippen LogP contribution in [0.5, 0.6) is 0 Å². The van der Waals surface area contributed by atoms with E-state index in [9.17, 15) is 4.79 Å². The number of aliphatic hydroxyl groups excluding tert-OH is 1. The van der Waals surface area contributed by atoms with Crippen molar-refractivity contribution in [1.82, 2.24) is 0 Å². The summed E-state index contributed by atoms with van der Waals surface area (Å²) in [6, 6.07) is 0. The fraction of sp³-hybridized carbons (Fsp3) is 0.727. The molecule has 82 valence electrons. The minimum atomic E-state index is -0.893. The molecule has 0 amide bonds. The smallest absolute Gasteiger partial charge is 0.330 e. The average molecular weight is 200 g/mol. The summed E-state index contributed by atoms with van der Waals surface area (Å²) in [7, 11) is 0. The van der Waals surface area contributed by atoms with E-state index in [1.54, 1.807) is 13.0 Å². The third-order valence-corrected chi connectivity index (χ3v) is 2.49. The SMILES string of the molecule is CC(=CCC(CO)C(C)(C)C)C(=O)O. The molecular formula is C11H20O3. The molecule has 1 atom stereocenters. The van der Waals surface area contributed by atoms with Crippen LogP contribution in [0.1, 0.15) is 34.1 Å². The van der Waals surface area contributed by atoms with Crippen molar-refractivity contribution in [2.75, 3.05) is 6.61 Å². The third kappa shape index (κ3) is 4.42. The predicted molar refractivity (Wildman–Crippen MR) is 56.0 cm³/mol. The lowest BCUT2D eigenvalue weighted by Crippen LogP contribution is -2.23. The summed E-state index contributed by atoms with van der Waals surface area (Å²) >= 11 is 0. The van der Waals surface area contributed by atoms with E-state index in [-0.39, 0.29) is 17.9 Å². The second kappa shape index (κ2) is 5.15. The predicted octanol–water partition coefficient (Wildman–Crippen LogP) is 2.06. The number of hydrogen-bond donors (Lipinski definition) is 2. The van der Waals surface area contributed by atoms with Gasteiger partial charge in [-0.25, -0.2) is 4.79 Å². The summed E-state index contributed by atoms with van der Waals surface area (Å²) in [4.78, 5) is 10.5. The zero-order valence-electron chi connectivity index (χ0n) is 9.37. The van der Waals surface area contributed by atoms with Crippen LogP contribution in [0.4, 0.5) is 0 Å². The van der Waals surface area contributed by atoms with Gasteiger partial charge in [0.2, 0.25) is 0 Å². The summed E-state index contributed by atoms with van der Waals surface area (Å²) in [5.74, 6) is -0.785. The van der Waals surface area contributed by atoms with Gasteiger partial charge in [-0.05, 0) is 24.7 Å². The Labute approximate surface area is 85.4 Å². The van der Waals surface area contributed by atoms with Gasteiger partial charge in [-0.3, -0.25) is 0 Å². The molecule has 0 bridgehead atoms. The van der Waals surface area contributed by atoms with E-state index >= 15 is 0 Å². The Hall–Kier alpha value is -0.830. The lowest BCUT2D eigenvalue weighted by Gasteiger charge is -2.28. The number of allylic oxidation sites excluding steroid dienone is 1. The minimum Gasteiger partial charge on any atom is -0.478 e. The molecular weight excluding hydrogens is 180 g/mol. The number of rotatable bonds is 4. The van der Waals surface area contributed by atoms with Crippen molar-refractivity contribution in [2.24, 2.45) is 11.3 Å². The Bertz CT molecular complexity index is 223. The van der Waals surface area contributed by atoms with Crippen LogP contribution in [0.15, 0.2) is 11.6 Å². The number of carbonyl (C=O) groups is 1. The van der Waals surface area contributed by atoms with E-state index in [0.717, 1.165) is 0 Å². The Balaban J connectivity index is 4.36. The quantitative estimate of drug-likeness (QED) is 0.683. The Morgan fingerprint density at radius 3 is 2.21 bits per heavy atom. The van der Waals surface area contributed by atoms with E-state index in [1.165, 1.54) is 0 Å². The summed E-state index contributed by atoms with van der Waals surface area (Å²) < 4.78 is 0. The van der Waals surface area contributed by atoms with Crippen LogP contribution < -0.4 is 0 Å². The van der Waals surface area contributed by atoms with Gasteiger partial charge in [0.15, 0.2) is 0 Å².